The van der Waals surface area contributed by atoms with Gasteiger partial charge in [0.2, 0.25) is 5.89 Å². The molecule has 0 unspecified atom stereocenters. The molecule has 1 aliphatic heterocycles. The van der Waals surface area contributed by atoms with E-state index in [1.165, 1.54) is 12.8 Å². The molecule has 1 saturated heterocycles. The predicted octanol–water partition coefficient (Wildman–Crippen LogP) is 2.08. The minimum absolute atomic E-state index is 0.309. The number of nitrogens with one attached hydrogen (secondary N) is 1. The SMILES string of the molecule is CC(C)Cc1nc([C@@H]2CCCCN2)no1. The number of hydrogen-bond donors (Lipinski definition) is 1. The monoisotopic (exact) mass is 209 g/mol. The van der Waals surface area contributed by atoms with Gasteiger partial charge in [-0.25, -0.2) is 0 Å². The summed E-state index contributed by atoms with van der Waals surface area (Å²) < 4.78 is 5.23. The highest BCUT2D eigenvalue weighted by Gasteiger charge is 2.20. The first-order valence-electron chi connectivity index (χ1n) is 5.81. The van der Waals surface area contributed by atoms with E-state index >= 15 is 0 Å². The van der Waals surface area contributed by atoms with Gasteiger partial charge in [0, 0.05) is 6.42 Å². The van der Waals surface area contributed by atoms with Gasteiger partial charge in [0.05, 0.1) is 6.04 Å². The minimum atomic E-state index is 0.309. The van der Waals surface area contributed by atoms with Gasteiger partial charge < -0.3 is 9.84 Å². The summed E-state index contributed by atoms with van der Waals surface area (Å²) >= 11 is 0. The van der Waals surface area contributed by atoms with Crippen molar-refractivity contribution in [3.05, 3.63) is 11.7 Å². The second kappa shape index (κ2) is 4.75. The largest absolute Gasteiger partial charge is 0.339 e. The fourth-order valence-corrected chi connectivity index (χ4v) is 1.91. The van der Waals surface area contributed by atoms with E-state index in [9.17, 15) is 0 Å². The molecule has 0 spiro atoms. The molecule has 1 aromatic heterocycles. The molecule has 2 heterocycles. The maximum Gasteiger partial charge on any atom is 0.226 e. The van der Waals surface area contributed by atoms with E-state index in [2.05, 4.69) is 29.3 Å². The van der Waals surface area contributed by atoms with E-state index in [0.29, 0.717) is 12.0 Å². The van der Waals surface area contributed by atoms with Crippen LogP contribution in [0.2, 0.25) is 0 Å². The van der Waals surface area contributed by atoms with Crippen LogP contribution >= 0.6 is 0 Å². The summed E-state index contributed by atoms with van der Waals surface area (Å²) in [5, 5.41) is 7.46. The molecule has 0 bridgehead atoms. The number of rotatable bonds is 3. The molecule has 0 amide bonds. The van der Waals surface area contributed by atoms with Gasteiger partial charge in [-0.2, -0.15) is 4.98 Å². The minimum Gasteiger partial charge on any atom is -0.339 e. The van der Waals surface area contributed by atoms with Gasteiger partial charge in [0.1, 0.15) is 0 Å². The van der Waals surface area contributed by atoms with Crippen LogP contribution in [0.25, 0.3) is 0 Å². The molecule has 1 fully saturated rings. The molecule has 1 aromatic rings. The summed E-state index contributed by atoms with van der Waals surface area (Å²) in [6.45, 7) is 5.38. The van der Waals surface area contributed by atoms with Crippen molar-refractivity contribution in [3.63, 3.8) is 0 Å². The van der Waals surface area contributed by atoms with E-state index in [1.54, 1.807) is 0 Å². The smallest absolute Gasteiger partial charge is 0.226 e. The third-order valence-corrected chi connectivity index (χ3v) is 2.69. The van der Waals surface area contributed by atoms with Crippen molar-refractivity contribution < 1.29 is 4.52 Å². The van der Waals surface area contributed by atoms with E-state index in [-0.39, 0.29) is 0 Å². The lowest BCUT2D eigenvalue weighted by molar-refractivity contribution is 0.341. The molecular weight excluding hydrogens is 190 g/mol. The summed E-state index contributed by atoms with van der Waals surface area (Å²) in [4.78, 5) is 4.43. The van der Waals surface area contributed by atoms with Crippen LogP contribution < -0.4 is 5.32 Å². The molecular formula is C11H19N3O. The molecule has 0 aliphatic carbocycles. The van der Waals surface area contributed by atoms with Crippen molar-refractivity contribution in [2.45, 2.75) is 45.6 Å². The molecule has 1 atom stereocenters. The lowest BCUT2D eigenvalue weighted by atomic mass is 10.0. The zero-order chi connectivity index (χ0) is 10.7. The van der Waals surface area contributed by atoms with E-state index in [0.717, 1.165) is 31.1 Å². The Morgan fingerprint density at radius 1 is 1.47 bits per heavy atom. The van der Waals surface area contributed by atoms with Crippen molar-refractivity contribution in [1.29, 1.82) is 0 Å². The quantitative estimate of drug-likeness (QED) is 0.828. The Bertz CT molecular complexity index is 303. The number of nitrogens with zero attached hydrogens (tertiary/aromatic N) is 2. The normalized spacial score (nSPS) is 22.2. The Balaban J connectivity index is 1.99. The standard InChI is InChI=1S/C11H19N3O/c1-8(2)7-10-13-11(14-15-10)9-5-3-4-6-12-9/h8-9,12H,3-7H2,1-2H3/t9-/m0/s1. The maximum atomic E-state index is 5.23. The van der Waals surface area contributed by atoms with Crippen molar-refractivity contribution in [2.24, 2.45) is 5.92 Å². The topological polar surface area (TPSA) is 51.0 Å². The van der Waals surface area contributed by atoms with Gasteiger partial charge in [-0.3, -0.25) is 0 Å². The van der Waals surface area contributed by atoms with Crippen LogP contribution in [0.15, 0.2) is 4.52 Å². The number of hydrogen-bond acceptors (Lipinski definition) is 4. The molecule has 1 N–H and O–H groups in total. The first-order chi connectivity index (χ1) is 7.25. The van der Waals surface area contributed by atoms with Crippen molar-refractivity contribution in [3.8, 4) is 0 Å². The Hall–Kier alpha value is -0.900. The summed E-state index contributed by atoms with van der Waals surface area (Å²) in [6, 6.07) is 0.309. The van der Waals surface area contributed by atoms with Crippen molar-refractivity contribution in [1.82, 2.24) is 15.5 Å². The van der Waals surface area contributed by atoms with Crippen molar-refractivity contribution in [2.75, 3.05) is 6.54 Å². The van der Waals surface area contributed by atoms with Crippen LogP contribution in [0.5, 0.6) is 0 Å². The van der Waals surface area contributed by atoms with Gasteiger partial charge in [0.15, 0.2) is 5.82 Å². The van der Waals surface area contributed by atoms with Gasteiger partial charge in [-0.1, -0.05) is 25.4 Å². The molecule has 84 valence electrons. The van der Waals surface area contributed by atoms with Gasteiger partial charge in [0.25, 0.3) is 0 Å². The van der Waals surface area contributed by atoms with Gasteiger partial charge >= 0.3 is 0 Å². The highest BCUT2D eigenvalue weighted by molar-refractivity contribution is 4.96. The highest BCUT2D eigenvalue weighted by Crippen LogP contribution is 2.20. The zero-order valence-corrected chi connectivity index (χ0v) is 9.49. The van der Waals surface area contributed by atoms with E-state index in [4.69, 9.17) is 4.52 Å². The second-order valence-corrected chi connectivity index (χ2v) is 4.65. The molecule has 1 aliphatic rings. The first kappa shape index (κ1) is 10.6. The fraction of sp³-hybridized carbons (Fsp3) is 0.818. The van der Waals surface area contributed by atoms with Crippen LogP contribution in [-0.2, 0) is 6.42 Å². The molecule has 2 rings (SSSR count). The maximum absolute atomic E-state index is 5.23. The average Bonchev–Trinajstić information content (AvgIpc) is 2.67. The Labute approximate surface area is 90.4 Å². The molecule has 0 saturated carbocycles. The van der Waals surface area contributed by atoms with Crippen molar-refractivity contribution >= 4 is 0 Å². The highest BCUT2D eigenvalue weighted by atomic mass is 16.5. The summed E-state index contributed by atoms with van der Waals surface area (Å²) in [5.41, 5.74) is 0. The molecule has 0 radical (unpaired) electrons. The lowest BCUT2D eigenvalue weighted by Crippen LogP contribution is -2.27. The third kappa shape index (κ3) is 2.78. The summed E-state index contributed by atoms with van der Waals surface area (Å²) in [5.74, 6) is 2.18. The fourth-order valence-electron chi connectivity index (χ4n) is 1.91. The van der Waals surface area contributed by atoms with Gasteiger partial charge in [-0.15, -0.1) is 0 Å². The molecule has 15 heavy (non-hydrogen) atoms. The molecule has 4 heteroatoms. The Kier molecular flexibility index (Phi) is 3.36. The molecule has 4 nitrogen and oxygen atoms in total. The van der Waals surface area contributed by atoms with Crippen LogP contribution in [0.3, 0.4) is 0 Å². The molecule has 0 aromatic carbocycles. The Morgan fingerprint density at radius 3 is 3.00 bits per heavy atom. The first-order valence-corrected chi connectivity index (χ1v) is 5.81. The van der Waals surface area contributed by atoms with Gasteiger partial charge in [-0.05, 0) is 25.3 Å². The summed E-state index contributed by atoms with van der Waals surface area (Å²) in [7, 11) is 0. The van der Waals surface area contributed by atoms with Crippen LogP contribution in [-0.4, -0.2) is 16.7 Å². The second-order valence-electron chi connectivity index (χ2n) is 4.65. The zero-order valence-electron chi connectivity index (χ0n) is 9.49. The predicted molar refractivity (Wildman–Crippen MR) is 57.4 cm³/mol. The van der Waals surface area contributed by atoms with E-state index < -0.39 is 0 Å². The summed E-state index contributed by atoms with van der Waals surface area (Å²) in [6.07, 6.45) is 4.51. The van der Waals surface area contributed by atoms with Crippen LogP contribution in [0.4, 0.5) is 0 Å². The number of piperidine rings is 1. The average molecular weight is 209 g/mol. The van der Waals surface area contributed by atoms with Crippen LogP contribution in [0.1, 0.15) is 50.9 Å². The van der Waals surface area contributed by atoms with E-state index in [1.807, 2.05) is 0 Å². The Morgan fingerprint density at radius 2 is 2.33 bits per heavy atom. The third-order valence-electron chi connectivity index (χ3n) is 2.69. The van der Waals surface area contributed by atoms with Crippen LogP contribution in [0, 0.1) is 5.92 Å². The lowest BCUT2D eigenvalue weighted by Gasteiger charge is -2.19. The number of aromatic nitrogens is 2.